The van der Waals surface area contributed by atoms with Crippen LogP contribution in [0.2, 0.25) is 0 Å². The highest BCUT2D eigenvalue weighted by Gasteiger charge is 2.30. The molecule has 1 fully saturated rings. The average molecular weight is 327 g/mol. The number of carboxylic acids is 1. The Morgan fingerprint density at radius 3 is 2.39 bits per heavy atom. The van der Waals surface area contributed by atoms with E-state index in [9.17, 15) is 23.5 Å². The van der Waals surface area contributed by atoms with Crippen molar-refractivity contribution in [3.63, 3.8) is 0 Å². The van der Waals surface area contributed by atoms with E-state index in [4.69, 9.17) is 0 Å². The van der Waals surface area contributed by atoms with Gasteiger partial charge in [0.25, 0.3) is 5.91 Å². The van der Waals surface area contributed by atoms with Crippen molar-refractivity contribution < 1.29 is 28.2 Å². The third-order valence-electron chi connectivity index (χ3n) is 3.99. The maximum Gasteiger partial charge on any atom is 0.387 e. The van der Waals surface area contributed by atoms with Crippen LogP contribution in [-0.2, 0) is 4.79 Å². The molecule has 1 amide bonds. The van der Waals surface area contributed by atoms with Crippen LogP contribution in [0.1, 0.15) is 42.5 Å². The number of ether oxygens (including phenoxy) is 1. The fourth-order valence-electron chi connectivity index (χ4n) is 2.82. The number of aliphatic carboxylic acids is 1. The summed E-state index contributed by atoms with van der Waals surface area (Å²) in [7, 11) is 0. The highest BCUT2D eigenvalue weighted by atomic mass is 19.3. The van der Waals surface area contributed by atoms with Crippen molar-refractivity contribution in [2.75, 3.05) is 0 Å². The van der Waals surface area contributed by atoms with E-state index in [1.54, 1.807) is 0 Å². The molecule has 0 bridgehead atoms. The maximum absolute atomic E-state index is 12.2. The summed E-state index contributed by atoms with van der Waals surface area (Å²) in [6.45, 7) is -2.92. The van der Waals surface area contributed by atoms with Gasteiger partial charge in [-0.2, -0.15) is 8.78 Å². The molecule has 5 nitrogen and oxygen atoms in total. The van der Waals surface area contributed by atoms with Gasteiger partial charge < -0.3 is 15.2 Å². The molecular formula is C16H19F2NO4. The number of alkyl halides is 2. The van der Waals surface area contributed by atoms with Crippen LogP contribution in [0, 0.1) is 5.92 Å². The number of benzene rings is 1. The van der Waals surface area contributed by atoms with Crippen LogP contribution in [0.25, 0.3) is 0 Å². The summed E-state index contributed by atoms with van der Waals surface area (Å²) in [5.41, 5.74) is 0.278. The number of nitrogens with one attached hydrogen (secondary N) is 1. The average Bonchev–Trinajstić information content (AvgIpc) is 2.72. The molecule has 126 valence electrons. The summed E-state index contributed by atoms with van der Waals surface area (Å²) in [6, 6.07) is 4.89. The first-order valence-corrected chi connectivity index (χ1v) is 7.56. The van der Waals surface area contributed by atoms with Gasteiger partial charge in [0.2, 0.25) is 0 Å². The Morgan fingerprint density at radius 2 is 1.78 bits per heavy atom. The molecule has 1 saturated carbocycles. The summed E-state index contributed by atoms with van der Waals surface area (Å²) < 4.78 is 28.4. The molecule has 2 N–H and O–H groups in total. The smallest absolute Gasteiger partial charge is 0.387 e. The Hall–Kier alpha value is -2.18. The van der Waals surface area contributed by atoms with E-state index in [1.807, 2.05) is 0 Å². The van der Waals surface area contributed by atoms with Gasteiger partial charge in [-0.3, -0.25) is 9.59 Å². The zero-order valence-electron chi connectivity index (χ0n) is 12.5. The Kier molecular flexibility index (Phi) is 5.90. The first-order chi connectivity index (χ1) is 11.0. The van der Waals surface area contributed by atoms with Crippen molar-refractivity contribution in [1.82, 2.24) is 5.32 Å². The molecule has 1 aliphatic rings. The molecule has 1 aromatic carbocycles. The lowest BCUT2D eigenvalue weighted by atomic mass is 9.94. The summed E-state index contributed by atoms with van der Waals surface area (Å²) in [4.78, 5) is 23.6. The molecule has 23 heavy (non-hydrogen) atoms. The number of rotatable bonds is 5. The highest BCUT2D eigenvalue weighted by Crippen LogP contribution is 2.24. The van der Waals surface area contributed by atoms with Gasteiger partial charge in [-0.1, -0.05) is 19.3 Å². The molecule has 0 saturated heterocycles. The van der Waals surface area contributed by atoms with E-state index in [0.29, 0.717) is 12.8 Å². The molecule has 1 aromatic rings. The minimum absolute atomic E-state index is 0.0329. The molecule has 0 unspecified atom stereocenters. The van der Waals surface area contributed by atoms with Crippen molar-refractivity contribution in [2.45, 2.75) is 44.8 Å². The molecule has 2 rings (SSSR count). The third-order valence-corrected chi connectivity index (χ3v) is 3.99. The number of halogens is 2. The quantitative estimate of drug-likeness (QED) is 0.815. The van der Waals surface area contributed by atoms with E-state index < -0.39 is 30.4 Å². The Morgan fingerprint density at radius 1 is 1.13 bits per heavy atom. The van der Waals surface area contributed by atoms with E-state index in [0.717, 1.165) is 19.3 Å². The first-order valence-electron chi connectivity index (χ1n) is 7.56. The van der Waals surface area contributed by atoms with Crippen LogP contribution >= 0.6 is 0 Å². The molecule has 0 heterocycles. The molecule has 0 spiro atoms. The predicted molar refractivity (Wildman–Crippen MR) is 78.5 cm³/mol. The third kappa shape index (κ3) is 4.91. The van der Waals surface area contributed by atoms with Gasteiger partial charge >= 0.3 is 12.6 Å². The number of carbonyl (C=O) groups is 2. The molecular weight excluding hydrogens is 308 g/mol. The standard InChI is InChI=1S/C16H19F2NO4/c17-16(18)23-11-8-6-10(7-9-11)14(20)19-13-5-3-1-2-4-12(13)15(21)22/h6-9,12-13,16H,1-5H2,(H,19,20)(H,21,22)/t12-,13+/m1/s1. The van der Waals surface area contributed by atoms with Crippen LogP contribution < -0.4 is 10.1 Å². The van der Waals surface area contributed by atoms with Crippen molar-refractivity contribution in [3.8, 4) is 5.75 Å². The van der Waals surface area contributed by atoms with Crippen molar-refractivity contribution in [3.05, 3.63) is 29.8 Å². The lowest BCUT2D eigenvalue weighted by Gasteiger charge is -2.22. The van der Waals surface area contributed by atoms with Gasteiger partial charge in [0.1, 0.15) is 5.75 Å². The zero-order chi connectivity index (χ0) is 16.8. The summed E-state index contributed by atoms with van der Waals surface area (Å²) >= 11 is 0. The summed E-state index contributed by atoms with van der Waals surface area (Å²) in [6.07, 6.45) is 3.82. The normalized spacial score (nSPS) is 21.5. The lowest BCUT2D eigenvalue weighted by molar-refractivity contribution is -0.142. The lowest BCUT2D eigenvalue weighted by Crippen LogP contribution is -2.42. The molecule has 1 aliphatic carbocycles. The Balaban J connectivity index is 2.03. The molecule has 7 heteroatoms. The van der Waals surface area contributed by atoms with Gasteiger partial charge in [-0.15, -0.1) is 0 Å². The highest BCUT2D eigenvalue weighted by molar-refractivity contribution is 5.94. The topological polar surface area (TPSA) is 75.6 Å². The van der Waals surface area contributed by atoms with Crippen LogP contribution in [0.4, 0.5) is 8.78 Å². The zero-order valence-corrected chi connectivity index (χ0v) is 12.5. The van der Waals surface area contributed by atoms with E-state index in [1.165, 1.54) is 24.3 Å². The predicted octanol–water partition coefficient (Wildman–Crippen LogP) is 3.05. The van der Waals surface area contributed by atoms with Crippen molar-refractivity contribution >= 4 is 11.9 Å². The van der Waals surface area contributed by atoms with Crippen LogP contribution in [0.5, 0.6) is 5.75 Å². The number of carbonyl (C=O) groups excluding carboxylic acids is 1. The molecule has 0 radical (unpaired) electrons. The summed E-state index contributed by atoms with van der Waals surface area (Å²) in [5.74, 6) is -1.94. The number of hydrogen-bond acceptors (Lipinski definition) is 3. The fourth-order valence-corrected chi connectivity index (χ4v) is 2.82. The first kappa shape index (κ1) is 17.2. The summed E-state index contributed by atoms with van der Waals surface area (Å²) in [5, 5.41) is 12.1. The number of amides is 1. The molecule has 0 aromatic heterocycles. The van der Waals surface area contributed by atoms with E-state index >= 15 is 0 Å². The van der Waals surface area contributed by atoms with Crippen LogP contribution in [0.3, 0.4) is 0 Å². The van der Waals surface area contributed by atoms with E-state index in [-0.39, 0.29) is 11.3 Å². The molecule has 0 aliphatic heterocycles. The van der Waals surface area contributed by atoms with Crippen LogP contribution in [0.15, 0.2) is 24.3 Å². The van der Waals surface area contributed by atoms with Gasteiger partial charge in [-0.25, -0.2) is 0 Å². The Bertz CT molecular complexity index is 548. The van der Waals surface area contributed by atoms with Gasteiger partial charge in [0.05, 0.1) is 5.92 Å². The SMILES string of the molecule is O=C(N[C@H]1CCCCC[C@H]1C(=O)O)c1ccc(OC(F)F)cc1. The largest absolute Gasteiger partial charge is 0.481 e. The van der Waals surface area contributed by atoms with Gasteiger partial charge in [0, 0.05) is 11.6 Å². The fraction of sp³-hybridized carbons (Fsp3) is 0.500. The number of carboxylic acid groups (broad SMARTS) is 1. The second kappa shape index (κ2) is 7.89. The minimum atomic E-state index is -2.92. The Labute approximate surface area is 132 Å². The maximum atomic E-state index is 12.2. The van der Waals surface area contributed by atoms with Crippen molar-refractivity contribution in [1.29, 1.82) is 0 Å². The van der Waals surface area contributed by atoms with E-state index in [2.05, 4.69) is 10.1 Å². The van der Waals surface area contributed by atoms with Crippen LogP contribution in [-0.4, -0.2) is 29.6 Å². The van der Waals surface area contributed by atoms with Gasteiger partial charge in [-0.05, 0) is 37.1 Å². The van der Waals surface area contributed by atoms with Gasteiger partial charge in [0.15, 0.2) is 0 Å². The molecule has 2 atom stereocenters. The second-order valence-corrected chi connectivity index (χ2v) is 5.57. The van der Waals surface area contributed by atoms with Crippen molar-refractivity contribution in [2.24, 2.45) is 5.92 Å². The monoisotopic (exact) mass is 327 g/mol. The number of hydrogen-bond donors (Lipinski definition) is 2. The second-order valence-electron chi connectivity index (χ2n) is 5.57. The minimum Gasteiger partial charge on any atom is -0.481 e.